The Balaban J connectivity index is 2.77. The van der Waals surface area contributed by atoms with Crippen LogP contribution in [0.5, 0.6) is 0 Å². The van der Waals surface area contributed by atoms with Crippen molar-refractivity contribution in [3.05, 3.63) is 33.4 Å². The van der Waals surface area contributed by atoms with Crippen molar-refractivity contribution in [3.63, 3.8) is 0 Å². The molecule has 0 bridgehead atoms. The van der Waals surface area contributed by atoms with E-state index in [1.165, 1.54) is 0 Å². The molecule has 1 aromatic rings. The molecule has 0 spiro atoms. The van der Waals surface area contributed by atoms with Crippen molar-refractivity contribution < 1.29 is 4.79 Å². The molecule has 0 saturated heterocycles. The molecule has 4 heteroatoms. The van der Waals surface area contributed by atoms with E-state index in [9.17, 15) is 4.79 Å². The summed E-state index contributed by atoms with van der Waals surface area (Å²) in [4.78, 5) is 14.0. The smallest absolute Gasteiger partial charge is 0.253 e. The second kappa shape index (κ2) is 7.27. The number of alkyl halides is 1. The van der Waals surface area contributed by atoms with Gasteiger partial charge in [0.15, 0.2) is 0 Å². The molecule has 16 heavy (non-hydrogen) atoms. The maximum atomic E-state index is 12.1. The fourth-order valence-corrected chi connectivity index (χ4v) is 2.25. The lowest BCUT2D eigenvalue weighted by Gasteiger charge is -2.21. The summed E-state index contributed by atoms with van der Waals surface area (Å²) in [6, 6.07) is 7.71. The summed E-state index contributed by atoms with van der Waals surface area (Å²) in [6.45, 7) is 3.66. The molecule has 0 aliphatic heterocycles. The highest BCUT2D eigenvalue weighted by atomic mass is 127. The molecule has 0 heterocycles. The van der Waals surface area contributed by atoms with E-state index in [-0.39, 0.29) is 5.91 Å². The number of carbonyl (C=O) groups is 1. The third-order valence-electron chi connectivity index (χ3n) is 2.23. The fourth-order valence-electron chi connectivity index (χ4n) is 1.46. The number of nitrogens with zero attached hydrogens (tertiary/aromatic N) is 1. The Morgan fingerprint density at radius 1 is 1.31 bits per heavy atom. The van der Waals surface area contributed by atoms with E-state index in [0.717, 1.165) is 34.0 Å². The van der Waals surface area contributed by atoms with Crippen LogP contribution in [0.3, 0.4) is 0 Å². The van der Waals surface area contributed by atoms with Gasteiger partial charge < -0.3 is 4.90 Å². The van der Waals surface area contributed by atoms with Crippen LogP contribution in [0.25, 0.3) is 0 Å². The molecule has 0 aliphatic rings. The van der Waals surface area contributed by atoms with Crippen LogP contribution in [0.4, 0.5) is 0 Å². The minimum Gasteiger partial charge on any atom is -0.338 e. The third kappa shape index (κ3) is 4.05. The van der Waals surface area contributed by atoms with Crippen LogP contribution in [-0.2, 0) is 0 Å². The molecule has 0 unspecified atom stereocenters. The topological polar surface area (TPSA) is 20.3 Å². The van der Waals surface area contributed by atoms with Crippen molar-refractivity contribution in [3.8, 4) is 0 Å². The largest absolute Gasteiger partial charge is 0.338 e. The maximum Gasteiger partial charge on any atom is 0.253 e. The molecule has 0 atom stereocenters. The Kier molecular flexibility index (Phi) is 6.34. The Labute approximate surface area is 119 Å². The van der Waals surface area contributed by atoms with E-state index in [1.807, 2.05) is 29.2 Å². The summed E-state index contributed by atoms with van der Waals surface area (Å²) in [6.07, 6.45) is 0.989. The summed E-state index contributed by atoms with van der Waals surface area (Å²) in [7, 11) is 0. The highest BCUT2D eigenvalue weighted by Gasteiger charge is 2.13. The summed E-state index contributed by atoms with van der Waals surface area (Å²) >= 11 is 5.62. The van der Waals surface area contributed by atoms with Gasteiger partial charge in [-0.2, -0.15) is 0 Å². The zero-order valence-electron chi connectivity index (χ0n) is 9.25. The average molecular weight is 396 g/mol. The monoisotopic (exact) mass is 395 g/mol. The quantitative estimate of drug-likeness (QED) is 0.551. The molecular weight excluding hydrogens is 381 g/mol. The van der Waals surface area contributed by atoms with Crippen molar-refractivity contribution in [2.45, 2.75) is 13.3 Å². The van der Waals surface area contributed by atoms with Crippen LogP contribution in [0.2, 0.25) is 0 Å². The Morgan fingerprint density at radius 3 is 2.44 bits per heavy atom. The van der Waals surface area contributed by atoms with Gasteiger partial charge in [-0.1, -0.05) is 22.9 Å². The van der Waals surface area contributed by atoms with Gasteiger partial charge in [0.1, 0.15) is 0 Å². The third-order valence-corrected chi connectivity index (χ3v) is 3.30. The number of benzene rings is 1. The minimum absolute atomic E-state index is 0.123. The van der Waals surface area contributed by atoms with Crippen molar-refractivity contribution in [2.24, 2.45) is 0 Å². The van der Waals surface area contributed by atoms with E-state index in [2.05, 4.69) is 45.4 Å². The van der Waals surface area contributed by atoms with E-state index in [0.29, 0.717) is 0 Å². The molecule has 2 nitrogen and oxygen atoms in total. The van der Waals surface area contributed by atoms with E-state index >= 15 is 0 Å². The summed E-state index contributed by atoms with van der Waals surface area (Å²) < 4.78 is 1.15. The Hall–Kier alpha value is -0.100. The molecule has 1 amide bonds. The van der Waals surface area contributed by atoms with Crippen LogP contribution >= 0.6 is 38.5 Å². The molecule has 0 radical (unpaired) electrons. The second-order valence-corrected chi connectivity index (χ2v) is 5.53. The number of hydrogen-bond donors (Lipinski definition) is 0. The van der Waals surface area contributed by atoms with Gasteiger partial charge in [-0.15, -0.1) is 0 Å². The molecule has 0 fully saturated rings. The zero-order valence-corrected chi connectivity index (χ0v) is 13.0. The Morgan fingerprint density at radius 2 is 1.94 bits per heavy atom. The molecule has 0 N–H and O–H groups in total. The molecule has 1 rings (SSSR count). The first-order valence-corrected chi connectivity index (χ1v) is 7.50. The predicted octanol–water partition coefficient (Wildman–Crippen LogP) is 3.54. The normalized spacial score (nSPS) is 10.2. The zero-order chi connectivity index (χ0) is 12.0. The van der Waals surface area contributed by atoms with Crippen molar-refractivity contribution in [2.75, 3.05) is 18.4 Å². The van der Waals surface area contributed by atoms with Gasteiger partial charge in [0.05, 0.1) is 0 Å². The van der Waals surface area contributed by atoms with Crippen molar-refractivity contribution in [1.29, 1.82) is 0 Å². The van der Waals surface area contributed by atoms with Gasteiger partial charge in [-0.05, 0) is 53.3 Å². The average Bonchev–Trinajstić information content (AvgIpc) is 2.29. The lowest BCUT2D eigenvalue weighted by Crippen LogP contribution is -2.33. The van der Waals surface area contributed by atoms with Gasteiger partial charge in [-0.25, -0.2) is 0 Å². The lowest BCUT2D eigenvalue weighted by molar-refractivity contribution is 0.0766. The fraction of sp³-hybridized carbons (Fsp3) is 0.417. The summed E-state index contributed by atoms with van der Waals surface area (Å²) in [5.74, 6) is 0.123. The van der Waals surface area contributed by atoms with Crippen LogP contribution < -0.4 is 0 Å². The van der Waals surface area contributed by atoms with Crippen LogP contribution in [-0.4, -0.2) is 29.2 Å². The molecular formula is C12H15BrINO. The van der Waals surface area contributed by atoms with Crippen molar-refractivity contribution in [1.82, 2.24) is 4.90 Å². The number of amides is 1. The first-order chi connectivity index (χ1) is 7.69. The highest BCUT2D eigenvalue weighted by Crippen LogP contribution is 2.10. The van der Waals surface area contributed by atoms with E-state index < -0.39 is 0 Å². The van der Waals surface area contributed by atoms with Crippen LogP contribution in [0.15, 0.2) is 24.3 Å². The van der Waals surface area contributed by atoms with Crippen LogP contribution in [0.1, 0.15) is 23.7 Å². The molecule has 1 aromatic carbocycles. The first-order valence-electron chi connectivity index (χ1n) is 5.29. The van der Waals surface area contributed by atoms with E-state index in [4.69, 9.17) is 0 Å². The number of halogens is 2. The number of hydrogen-bond acceptors (Lipinski definition) is 1. The predicted molar refractivity (Wildman–Crippen MR) is 79.1 cm³/mol. The maximum absolute atomic E-state index is 12.1. The second-order valence-electron chi connectivity index (χ2n) is 3.49. The SMILES string of the molecule is CCCN(CCBr)C(=O)c1ccc(I)cc1. The molecule has 0 saturated carbocycles. The molecule has 0 aromatic heterocycles. The first kappa shape index (κ1) is 14.0. The standard InChI is InChI=1S/C12H15BrINO/c1-2-8-15(9-7-13)12(16)10-3-5-11(14)6-4-10/h3-6H,2,7-9H2,1H3. The number of carbonyl (C=O) groups excluding carboxylic acids is 1. The van der Waals surface area contributed by atoms with Gasteiger partial charge in [0.25, 0.3) is 5.91 Å². The van der Waals surface area contributed by atoms with Crippen LogP contribution in [0, 0.1) is 3.57 Å². The molecule has 88 valence electrons. The summed E-state index contributed by atoms with van der Waals surface area (Å²) in [5, 5.41) is 0.823. The summed E-state index contributed by atoms with van der Waals surface area (Å²) in [5.41, 5.74) is 0.773. The minimum atomic E-state index is 0.123. The molecule has 0 aliphatic carbocycles. The number of rotatable bonds is 5. The lowest BCUT2D eigenvalue weighted by atomic mass is 10.2. The highest BCUT2D eigenvalue weighted by molar-refractivity contribution is 14.1. The van der Waals surface area contributed by atoms with Gasteiger partial charge in [0, 0.05) is 27.6 Å². The van der Waals surface area contributed by atoms with Crippen molar-refractivity contribution >= 4 is 44.4 Å². The van der Waals surface area contributed by atoms with Gasteiger partial charge in [0.2, 0.25) is 0 Å². The Bertz CT molecular complexity index is 333. The van der Waals surface area contributed by atoms with Gasteiger partial charge >= 0.3 is 0 Å². The van der Waals surface area contributed by atoms with E-state index in [1.54, 1.807) is 0 Å². The van der Waals surface area contributed by atoms with Gasteiger partial charge in [-0.3, -0.25) is 4.79 Å².